The van der Waals surface area contributed by atoms with E-state index in [4.69, 9.17) is 4.74 Å². The zero-order valence-corrected chi connectivity index (χ0v) is 11.5. The Bertz CT molecular complexity index is 474. The number of alkyl halides is 1. The van der Waals surface area contributed by atoms with Crippen molar-refractivity contribution in [1.82, 2.24) is 4.98 Å². The molecule has 0 saturated heterocycles. The van der Waals surface area contributed by atoms with Crippen molar-refractivity contribution in [2.45, 2.75) is 5.33 Å². The number of hydrogen-bond donors (Lipinski definition) is 0. The van der Waals surface area contributed by atoms with Crippen molar-refractivity contribution in [2.24, 2.45) is 0 Å². The van der Waals surface area contributed by atoms with Crippen LogP contribution in [-0.4, -0.2) is 4.98 Å². The molecule has 0 aliphatic rings. The highest BCUT2D eigenvalue weighted by Gasteiger charge is 2.04. The fraction of sp³-hybridized carbons (Fsp3) is 0.0833. The van der Waals surface area contributed by atoms with Gasteiger partial charge in [0.05, 0.1) is 6.20 Å². The summed E-state index contributed by atoms with van der Waals surface area (Å²) in [6.07, 6.45) is 3.41. The second-order valence-corrected chi connectivity index (χ2v) is 4.65. The van der Waals surface area contributed by atoms with Crippen molar-refractivity contribution in [2.75, 3.05) is 0 Å². The summed E-state index contributed by atoms with van der Waals surface area (Å²) in [6.45, 7) is 0. The summed E-state index contributed by atoms with van der Waals surface area (Å²) in [5.41, 5.74) is 1.10. The molecule has 0 spiro atoms. The molecule has 4 heteroatoms. The Kier molecular flexibility index (Phi) is 3.96. The van der Waals surface area contributed by atoms with Crippen molar-refractivity contribution in [3.05, 3.63) is 52.8 Å². The lowest BCUT2D eigenvalue weighted by atomic mass is 10.2. The van der Waals surface area contributed by atoms with E-state index in [1.807, 2.05) is 30.3 Å². The molecule has 0 amide bonds. The van der Waals surface area contributed by atoms with E-state index in [0.29, 0.717) is 0 Å². The highest BCUT2D eigenvalue weighted by molar-refractivity contribution is 9.10. The summed E-state index contributed by atoms with van der Waals surface area (Å²) in [7, 11) is 0. The predicted octanol–water partition coefficient (Wildman–Crippen LogP) is 4.53. The van der Waals surface area contributed by atoms with E-state index in [1.54, 1.807) is 12.4 Å². The van der Waals surface area contributed by atoms with Gasteiger partial charge in [-0.2, -0.15) is 0 Å². The standard InChI is InChI=1S/C12H9Br2NO/c13-7-9-3-4-10(14)6-12(9)16-11-2-1-5-15-8-11/h1-6,8H,7H2. The van der Waals surface area contributed by atoms with Crippen molar-refractivity contribution in [3.63, 3.8) is 0 Å². The molecule has 0 N–H and O–H groups in total. The molecule has 0 unspecified atom stereocenters. The van der Waals surface area contributed by atoms with Crippen LogP contribution in [0.4, 0.5) is 0 Å². The number of hydrogen-bond acceptors (Lipinski definition) is 2. The van der Waals surface area contributed by atoms with Gasteiger partial charge in [-0.3, -0.25) is 4.98 Å². The molecule has 2 rings (SSSR count). The third-order valence-corrected chi connectivity index (χ3v) is 3.13. The number of ether oxygens (including phenoxy) is 1. The van der Waals surface area contributed by atoms with Crippen LogP contribution in [0, 0.1) is 0 Å². The van der Waals surface area contributed by atoms with Crippen LogP contribution in [0.5, 0.6) is 11.5 Å². The molecule has 0 atom stereocenters. The summed E-state index contributed by atoms with van der Waals surface area (Å²) in [4.78, 5) is 4.01. The van der Waals surface area contributed by atoms with E-state index in [1.165, 1.54) is 0 Å². The first-order valence-corrected chi connectivity index (χ1v) is 6.63. The Morgan fingerprint density at radius 1 is 1.25 bits per heavy atom. The van der Waals surface area contributed by atoms with Crippen molar-refractivity contribution >= 4 is 31.9 Å². The smallest absolute Gasteiger partial charge is 0.145 e. The van der Waals surface area contributed by atoms with Gasteiger partial charge in [0.2, 0.25) is 0 Å². The molecule has 1 heterocycles. The molecule has 0 aliphatic carbocycles. The second-order valence-electron chi connectivity index (χ2n) is 3.18. The zero-order chi connectivity index (χ0) is 11.4. The van der Waals surface area contributed by atoms with Gasteiger partial charge in [0.25, 0.3) is 0 Å². The Hall–Kier alpha value is -0.870. The van der Waals surface area contributed by atoms with E-state index in [9.17, 15) is 0 Å². The Labute approximate surface area is 111 Å². The zero-order valence-electron chi connectivity index (χ0n) is 8.36. The van der Waals surface area contributed by atoms with Gasteiger partial charge in [-0.25, -0.2) is 0 Å². The van der Waals surface area contributed by atoms with Crippen LogP contribution in [0.3, 0.4) is 0 Å². The maximum Gasteiger partial charge on any atom is 0.145 e. The van der Waals surface area contributed by atoms with Gasteiger partial charge in [-0.15, -0.1) is 0 Å². The highest BCUT2D eigenvalue weighted by atomic mass is 79.9. The van der Waals surface area contributed by atoms with Crippen LogP contribution in [0.2, 0.25) is 0 Å². The molecule has 2 aromatic rings. The molecule has 0 fully saturated rings. The summed E-state index contributed by atoms with van der Waals surface area (Å²) >= 11 is 6.86. The highest BCUT2D eigenvalue weighted by Crippen LogP contribution is 2.29. The lowest BCUT2D eigenvalue weighted by molar-refractivity contribution is 0.476. The molecular weight excluding hydrogens is 334 g/mol. The van der Waals surface area contributed by atoms with Crippen molar-refractivity contribution in [1.29, 1.82) is 0 Å². The maximum atomic E-state index is 5.76. The van der Waals surface area contributed by atoms with Gasteiger partial charge < -0.3 is 4.74 Å². The van der Waals surface area contributed by atoms with Crippen LogP contribution >= 0.6 is 31.9 Å². The largest absolute Gasteiger partial charge is 0.455 e. The van der Waals surface area contributed by atoms with E-state index >= 15 is 0 Å². The topological polar surface area (TPSA) is 22.1 Å². The predicted molar refractivity (Wildman–Crippen MR) is 71.1 cm³/mol. The number of aromatic nitrogens is 1. The van der Waals surface area contributed by atoms with E-state index in [0.717, 1.165) is 26.9 Å². The summed E-state index contributed by atoms with van der Waals surface area (Å²) in [5.74, 6) is 1.57. The molecule has 2 nitrogen and oxygen atoms in total. The Morgan fingerprint density at radius 2 is 2.12 bits per heavy atom. The minimum absolute atomic E-state index is 0.739. The first-order chi connectivity index (χ1) is 7.79. The van der Waals surface area contributed by atoms with Crippen LogP contribution in [0.25, 0.3) is 0 Å². The first-order valence-electron chi connectivity index (χ1n) is 4.72. The molecule has 0 radical (unpaired) electrons. The summed E-state index contributed by atoms with van der Waals surface area (Å²) in [5, 5.41) is 0.760. The van der Waals surface area contributed by atoms with Crippen molar-refractivity contribution in [3.8, 4) is 11.5 Å². The van der Waals surface area contributed by atoms with Gasteiger partial charge in [0, 0.05) is 21.6 Å². The molecular formula is C12H9Br2NO. The third kappa shape index (κ3) is 2.83. The van der Waals surface area contributed by atoms with E-state index < -0.39 is 0 Å². The average molecular weight is 343 g/mol. The van der Waals surface area contributed by atoms with E-state index in [2.05, 4.69) is 36.8 Å². The fourth-order valence-corrected chi connectivity index (χ4v) is 2.07. The molecule has 0 saturated carbocycles. The number of benzene rings is 1. The first kappa shape index (κ1) is 11.6. The van der Waals surface area contributed by atoms with Gasteiger partial charge in [-0.05, 0) is 24.3 Å². The maximum absolute atomic E-state index is 5.76. The summed E-state index contributed by atoms with van der Waals surface area (Å²) in [6, 6.07) is 9.69. The lowest BCUT2D eigenvalue weighted by Gasteiger charge is -2.09. The van der Waals surface area contributed by atoms with Crippen LogP contribution in [-0.2, 0) is 5.33 Å². The SMILES string of the molecule is BrCc1ccc(Br)cc1Oc1cccnc1. The van der Waals surface area contributed by atoms with Crippen molar-refractivity contribution < 1.29 is 4.74 Å². The molecule has 82 valence electrons. The minimum Gasteiger partial charge on any atom is -0.455 e. The van der Waals surface area contributed by atoms with Gasteiger partial charge in [0.1, 0.15) is 11.5 Å². The molecule has 1 aromatic heterocycles. The van der Waals surface area contributed by atoms with E-state index in [-0.39, 0.29) is 0 Å². The normalized spacial score (nSPS) is 10.1. The van der Waals surface area contributed by atoms with Crippen LogP contribution in [0.1, 0.15) is 5.56 Å². The molecule has 0 bridgehead atoms. The van der Waals surface area contributed by atoms with Gasteiger partial charge in [-0.1, -0.05) is 37.9 Å². The molecule has 0 aliphatic heterocycles. The summed E-state index contributed by atoms with van der Waals surface area (Å²) < 4.78 is 6.76. The van der Waals surface area contributed by atoms with Crippen LogP contribution in [0.15, 0.2) is 47.2 Å². The number of rotatable bonds is 3. The quantitative estimate of drug-likeness (QED) is 0.764. The number of pyridine rings is 1. The fourth-order valence-electron chi connectivity index (χ4n) is 1.27. The molecule has 16 heavy (non-hydrogen) atoms. The van der Waals surface area contributed by atoms with Gasteiger partial charge >= 0.3 is 0 Å². The average Bonchev–Trinajstić information content (AvgIpc) is 2.31. The second kappa shape index (κ2) is 5.46. The number of nitrogens with zero attached hydrogens (tertiary/aromatic N) is 1. The Morgan fingerprint density at radius 3 is 2.81 bits per heavy atom. The monoisotopic (exact) mass is 341 g/mol. The molecule has 1 aromatic carbocycles. The third-order valence-electron chi connectivity index (χ3n) is 2.04. The van der Waals surface area contributed by atoms with Crippen LogP contribution < -0.4 is 4.74 Å². The minimum atomic E-state index is 0.739. The Balaban J connectivity index is 2.30. The van der Waals surface area contributed by atoms with Gasteiger partial charge in [0.15, 0.2) is 0 Å². The lowest BCUT2D eigenvalue weighted by Crippen LogP contribution is -1.89. The number of halogens is 2.